The van der Waals surface area contributed by atoms with Gasteiger partial charge in [-0.2, -0.15) is 0 Å². The molecule has 10 heteroatoms. The largest absolute Gasteiger partial charge is 0.483 e. The van der Waals surface area contributed by atoms with Crippen molar-refractivity contribution in [2.24, 2.45) is 5.92 Å². The summed E-state index contributed by atoms with van der Waals surface area (Å²) in [5.74, 6) is 0.364. The molecule has 1 N–H and O–H groups in total. The van der Waals surface area contributed by atoms with Gasteiger partial charge in [0.25, 0.3) is 5.91 Å². The van der Waals surface area contributed by atoms with Gasteiger partial charge in [-0.15, -0.1) is 0 Å². The van der Waals surface area contributed by atoms with E-state index >= 15 is 0 Å². The van der Waals surface area contributed by atoms with Crippen LogP contribution in [0.15, 0.2) is 34.9 Å². The number of rotatable bonds is 9. The number of aromatic nitrogens is 1. The van der Waals surface area contributed by atoms with E-state index in [-0.39, 0.29) is 29.8 Å². The van der Waals surface area contributed by atoms with Gasteiger partial charge in [0.05, 0.1) is 11.3 Å². The van der Waals surface area contributed by atoms with E-state index in [0.29, 0.717) is 49.7 Å². The number of ether oxygens (including phenoxy) is 1. The highest BCUT2D eigenvalue weighted by Gasteiger charge is 2.40. The van der Waals surface area contributed by atoms with E-state index in [2.05, 4.69) is 36.0 Å². The van der Waals surface area contributed by atoms with Crippen LogP contribution in [0.4, 0.5) is 0 Å². The van der Waals surface area contributed by atoms with E-state index < -0.39 is 18.0 Å². The van der Waals surface area contributed by atoms with Gasteiger partial charge in [0.1, 0.15) is 24.1 Å². The molecule has 2 aromatic rings. The Balaban J connectivity index is 1.45. The number of likely N-dealkylation sites (N-methyl/N-ethyl adjacent to an activating group) is 1. The smallest absolute Gasteiger partial charge is 0.255 e. The van der Waals surface area contributed by atoms with Crippen molar-refractivity contribution >= 4 is 17.7 Å². The number of likely N-dealkylation sites (tertiary alicyclic amines) is 1. The maximum Gasteiger partial charge on any atom is 0.255 e. The summed E-state index contributed by atoms with van der Waals surface area (Å²) in [4.78, 5) is 51.1. The fourth-order valence-electron chi connectivity index (χ4n) is 5.30. The number of amides is 3. The standard InChI is InChI=1S/C31H45N5O5/c1-21(2)18-23(29(38)36-13-9-11-24(36)30(39)35-16-14-34(6)15-17-35)32-28(37)22-10-7-8-12-25(22)40-20-27-33-26(19-41-27)31(3,4)5/h7-8,10,12,19,21,23-24H,9,11,13-18,20H2,1-6H3,(H,32,37)/t23-,24-/m1/s1. The molecule has 4 rings (SSSR count). The predicted molar refractivity (Wildman–Crippen MR) is 155 cm³/mol. The summed E-state index contributed by atoms with van der Waals surface area (Å²) in [7, 11) is 2.05. The van der Waals surface area contributed by atoms with Gasteiger partial charge < -0.3 is 29.2 Å². The zero-order valence-electron chi connectivity index (χ0n) is 25.3. The molecule has 41 heavy (non-hydrogen) atoms. The van der Waals surface area contributed by atoms with Crippen LogP contribution in [0.5, 0.6) is 5.75 Å². The van der Waals surface area contributed by atoms with Crippen molar-refractivity contribution in [3.8, 4) is 5.75 Å². The Kier molecular flexibility index (Phi) is 9.73. The summed E-state index contributed by atoms with van der Waals surface area (Å²) >= 11 is 0. The van der Waals surface area contributed by atoms with Crippen molar-refractivity contribution in [2.45, 2.75) is 78.0 Å². The van der Waals surface area contributed by atoms with E-state index in [1.165, 1.54) is 0 Å². The lowest BCUT2D eigenvalue weighted by Crippen LogP contribution is -2.56. The highest BCUT2D eigenvalue weighted by molar-refractivity contribution is 6.00. The quantitative estimate of drug-likeness (QED) is 0.494. The summed E-state index contributed by atoms with van der Waals surface area (Å²) < 4.78 is 11.5. The minimum Gasteiger partial charge on any atom is -0.483 e. The summed E-state index contributed by atoms with van der Waals surface area (Å²) in [5, 5.41) is 2.97. The van der Waals surface area contributed by atoms with Gasteiger partial charge in [-0.25, -0.2) is 4.98 Å². The molecule has 0 unspecified atom stereocenters. The normalized spacial score (nSPS) is 19.0. The maximum atomic E-state index is 13.9. The van der Waals surface area contributed by atoms with Crippen LogP contribution in [-0.2, 0) is 21.6 Å². The van der Waals surface area contributed by atoms with Crippen LogP contribution in [0.1, 0.15) is 75.8 Å². The van der Waals surface area contributed by atoms with E-state index in [1.54, 1.807) is 35.4 Å². The number of nitrogens with one attached hydrogen (secondary N) is 1. The Bertz CT molecular complexity index is 1210. The first-order valence-corrected chi connectivity index (χ1v) is 14.7. The zero-order valence-corrected chi connectivity index (χ0v) is 25.3. The highest BCUT2D eigenvalue weighted by Crippen LogP contribution is 2.25. The molecule has 10 nitrogen and oxygen atoms in total. The van der Waals surface area contributed by atoms with Gasteiger partial charge in [0.15, 0.2) is 6.61 Å². The molecule has 2 saturated heterocycles. The first-order chi connectivity index (χ1) is 19.4. The number of oxazole rings is 1. The molecule has 0 bridgehead atoms. The Morgan fingerprint density at radius 3 is 2.46 bits per heavy atom. The van der Waals surface area contributed by atoms with E-state index in [4.69, 9.17) is 9.15 Å². The number of hydrogen-bond acceptors (Lipinski definition) is 7. The Hall–Kier alpha value is -3.40. The number of benzene rings is 1. The van der Waals surface area contributed by atoms with Crippen LogP contribution < -0.4 is 10.1 Å². The fourth-order valence-corrected chi connectivity index (χ4v) is 5.30. The Morgan fingerprint density at radius 1 is 1.10 bits per heavy atom. The molecule has 3 heterocycles. The summed E-state index contributed by atoms with van der Waals surface area (Å²) in [5.41, 5.74) is 0.993. The topological polar surface area (TPSA) is 108 Å². The van der Waals surface area contributed by atoms with Crippen LogP contribution in [0.2, 0.25) is 0 Å². The molecule has 0 aliphatic carbocycles. The summed E-state index contributed by atoms with van der Waals surface area (Å²) in [6.45, 7) is 13.8. The second-order valence-electron chi connectivity index (χ2n) is 12.6. The molecule has 2 fully saturated rings. The Labute approximate surface area is 243 Å². The van der Waals surface area contributed by atoms with E-state index in [1.807, 2.05) is 25.8 Å². The molecule has 0 saturated carbocycles. The molecule has 224 valence electrons. The van der Waals surface area contributed by atoms with Crippen LogP contribution >= 0.6 is 0 Å². The fraction of sp³-hybridized carbons (Fsp3) is 0.613. The lowest BCUT2D eigenvalue weighted by atomic mass is 9.93. The minimum absolute atomic E-state index is 0.0125. The van der Waals surface area contributed by atoms with Crippen molar-refractivity contribution in [3.05, 3.63) is 47.7 Å². The van der Waals surface area contributed by atoms with Crippen molar-refractivity contribution in [1.82, 2.24) is 25.0 Å². The van der Waals surface area contributed by atoms with E-state index in [9.17, 15) is 14.4 Å². The molecule has 2 aliphatic heterocycles. The minimum atomic E-state index is -0.752. The number of carbonyl (C=O) groups is 3. The third-order valence-electron chi connectivity index (χ3n) is 7.75. The number of hydrogen-bond donors (Lipinski definition) is 1. The first kappa shape index (κ1) is 30.6. The van der Waals surface area contributed by atoms with Gasteiger partial charge in [0, 0.05) is 38.1 Å². The van der Waals surface area contributed by atoms with E-state index in [0.717, 1.165) is 25.2 Å². The monoisotopic (exact) mass is 567 g/mol. The lowest BCUT2D eigenvalue weighted by molar-refractivity contribution is -0.145. The van der Waals surface area contributed by atoms with Crippen LogP contribution in [-0.4, -0.2) is 89.3 Å². The van der Waals surface area contributed by atoms with Crippen LogP contribution in [0.25, 0.3) is 0 Å². The second kappa shape index (κ2) is 13.1. The molecular formula is C31H45N5O5. The van der Waals surface area contributed by atoms with Crippen molar-refractivity contribution < 1.29 is 23.5 Å². The number of para-hydroxylation sites is 1. The van der Waals surface area contributed by atoms with Crippen molar-refractivity contribution in [3.63, 3.8) is 0 Å². The van der Waals surface area contributed by atoms with Gasteiger partial charge in [-0.1, -0.05) is 46.8 Å². The second-order valence-corrected chi connectivity index (χ2v) is 12.6. The number of carbonyl (C=O) groups excluding carboxylic acids is 3. The van der Waals surface area contributed by atoms with Gasteiger partial charge in [-0.3, -0.25) is 14.4 Å². The van der Waals surface area contributed by atoms with Crippen molar-refractivity contribution in [2.75, 3.05) is 39.8 Å². The molecule has 1 aromatic carbocycles. The highest BCUT2D eigenvalue weighted by atomic mass is 16.5. The molecule has 2 aliphatic rings. The molecule has 0 spiro atoms. The average Bonchev–Trinajstić information content (AvgIpc) is 3.61. The van der Waals surface area contributed by atoms with Crippen LogP contribution in [0, 0.1) is 5.92 Å². The summed E-state index contributed by atoms with van der Waals surface area (Å²) in [6.07, 6.45) is 3.51. The lowest BCUT2D eigenvalue weighted by Gasteiger charge is -2.36. The van der Waals surface area contributed by atoms with Gasteiger partial charge >= 0.3 is 0 Å². The third kappa shape index (κ3) is 7.67. The van der Waals surface area contributed by atoms with Crippen LogP contribution in [0.3, 0.4) is 0 Å². The zero-order chi connectivity index (χ0) is 29.7. The van der Waals surface area contributed by atoms with Gasteiger partial charge in [-0.05, 0) is 44.4 Å². The molecule has 0 radical (unpaired) electrons. The molecule has 2 atom stereocenters. The predicted octanol–water partition coefficient (Wildman–Crippen LogP) is 3.46. The summed E-state index contributed by atoms with van der Waals surface area (Å²) in [6, 6.07) is 5.71. The SMILES string of the molecule is CC(C)C[C@@H](NC(=O)c1ccccc1OCc1nc(C(C)(C)C)co1)C(=O)N1CCC[C@@H]1C(=O)N1CCN(C)CC1. The number of piperazine rings is 1. The number of nitrogens with zero attached hydrogens (tertiary/aromatic N) is 4. The molecule has 3 amide bonds. The van der Waals surface area contributed by atoms with Crippen molar-refractivity contribution in [1.29, 1.82) is 0 Å². The third-order valence-corrected chi connectivity index (χ3v) is 7.75. The van der Waals surface area contributed by atoms with Gasteiger partial charge in [0.2, 0.25) is 17.7 Å². The first-order valence-electron chi connectivity index (χ1n) is 14.7. The maximum absolute atomic E-state index is 13.9. The average molecular weight is 568 g/mol. The molecule has 1 aromatic heterocycles. The Morgan fingerprint density at radius 2 is 1.80 bits per heavy atom. The molecular weight excluding hydrogens is 522 g/mol.